The van der Waals surface area contributed by atoms with Crippen LogP contribution in [-0.2, 0) is 0 Å². The molecule has 2 heterocycles. The zero-order valence-corrected chi connectivity index (χ0v) is 14.9. The molecule has 0 bridgehead atoms. The Morgan fingerprint density at radius 3 is 2.62 bits per heavy atom. The van der Waals surface area contributed by atoms with Crippen molar-refractivity contribution in [2.24, 2.45) is 0 Å². The Balaban J connectivity index is 1.51. The molecule has 26 heavy (non-hydrogen) atoms. The highest BCUT2D eigenvalue weighted by atomic mass is 35.5. The smallest absolute Gasteiger partial charge is 0.265 e. The molecule has 1 amide bonds. The van der Waals surface area contributed by atoms with E-state index in [9.17, 15) is 4.79 Å². The molecule has 0 aliphatic heterocycles. The second-order valence-electron chi connectivity index (χ2n) is 5.44. The number of benzene rings is 2. The third kappa shape index (κ3) is 3.51. The quantitative estimate of drug-likeness (QED) is 0.516. The normalized spacial score (nSPS) is 10.7. The molecule has 0 saturated carbocycles. The first-order valence-corrected chi connectivity index (χ1v) is 9.00. The molecule has 0 saturated heterocycles. The summed E-state index contributed by atoms with van der Waals surface area (Å²) in [7, 11) is 0. The number of hydrogen-bond donors (Lipinski definition) is 1. The fourth-order valence-corrected chi connectivity index (χ4v) is 3.19. The molecule has 4 rings (SSSR count). The summed E-state index contributed by atoms with van der Waals surface area (Å²) >= 11 is 7.39. The molecule has 0 fully saturated rings. The Morgan fingerprint density at radius 2 is 1.88 bits per heavy atom. The van der Waals surface area contributed by atoms with Crippen LogP contribution in [0.1, 0.15) is 9.67 Å². The summed E-state index contributed by atoms with van der Waals surface area (Å²) in [4.78, 5) is 17.1. The molecule has 2 aromatic carbocycles. The van der Waals surface area contributed by atoms with E-state index in [0.29, 0.717) is 27.3 Å². The van der Waals surface area contributed by atoms with Crippen LogP contribution >= 0.6 is 22.9 Å². The van der Waals surface area contributed by atoms with Gasteiger partial charge in [-0.3, -0.25) is 4.79 Å². The van der Waals surface area contributed by atoms with Gasteiger partial charge in [0.25, 0.3) is 11.8 Å². The molecule has 1 N–H and O–H groups in total. The molecule has 0 aliphatic carbocycles. The maximum absolute atomic E-state index is 12.1. The van der Waals surface area contributed by atoms with Crippen LogP contribution in [0.5, 0.6) is 0 Å². The minimum atomic E-state index is -0.129. The Morgan fingerprint density at radius 1 is 1.04 bits per heavy atom. The number of carbonyl (C=O) groups excluding carboxylic acids is 1. The zero-order chi connectivity index (χ0) is 17.9. The number of anilines is 1. The Labute approximate surface area is 158 Å². The van der Waals surface area contributed by atoms with Crippen molar-refractivity contribution < 1.29 is 9.32 Å². The number of amides is 1. The van der Waals surface area contributed by atoms with Crippen molar-refractivity contribution in [1.82, 2.24) is 10.1 Å². The molecular formula is C19H12ClN3O2S. The average molecular weight is 382 g/mol. The van der Waals surface area contributed by atoms with E-state index in [4.69, 9.17) is 16.1 Å². The van der Waals surface area contributed by atoms with E-state index in [1.807, 2.05) is 35.7 Å². The maximum Gasteiger partial charge on any atom is 0.265 e. The summed E-state index contributed by atoms with van der Waals surface area (Å²) in [5.74, 6) is 0.740. The van der Waals surface area contributed by atoms with E-state index >= 15 is 0 Å². The number of carbonyl (C=O) groups is 1. The highest BCUT2D eigenvalue weighted by Gasteiger charge is 2.12. The molecule has 2 aromatic heterocycles. The van der Waals surface area contributed by atoms with Crippen LogP contribution in [0.2, 0.25) is 5.02 Å². The first kappa shape index (κ1) is 16.5. The first-order valence-electron chi connectivity index (χ1n) is 7.74. The van der Waals surface area contributed by atoms with E-state index in [-0.39, 0.29) is 5.91 Å². The van der Waals surface area contributed by atoms with Crippen molar-refractivity contribution in [3.63, 3.8) is 0 Å². The van der Waals surface area contributed by atoms with Gasteiger partial charge in [0.2, 0.25) is 5.82 Å². The van der Waals surface area contributed by atoms with E-state index in [1.165, 1.54) is 11.3 Å². The predicted octanol–water partition coefficient (Wildman–Crippen LogP) is 5.37. The van der Waals surface area contributed by atoms with Gasteiger partial charge < -0.3 is 9.84 Å². The summed E-state index contributed by atoms with van der Waals surface area (Å²) in [6.07, 6.45) is 0. The lowest BCUT2D eigenvalue weighted by molar-refractivity contribution is 0.103. The maximum atomic E-state index is 12.1. The number of hydrogen-bond acceptors (Lipinski definition) is 5. The van der Waals surface area contributed by atoms with Crippen molar-refractivity contribution >= 4 is 34.5 Å². The van der Waals surface area contributed by atoms with Gasteiger partial charge in [-0.2, -0.15) is 4.98 Å². The number of halogens is 1. The van der Waals surface area contributed by atoms with Crippen molar-refractivity contribution in [1.29, 1.82) is 0 Å². The highest BCUT2D eigenvalue weighted by Crippen LogP contribution is 2.25. The summed E-state index contributed by atoms with van der Waals surface area (Å²) in [6.45, 7) is 0. The second kappa shape index (κ2) is 7.11. The number of rotatable bonds is 4. The van der Waals surface area contributed by atoms with E-state index < -0.39 is 0 Å². The fourth-order valence-electron chi connectivity index (χ4n) is 2.38. The Kier molecular flexibility index (Phi) is 4.51. The van der Waals surface area contributed by atoms with Gasteiger partial charge in [0.05, 0.1) is 4.88 Å². The van der Waals surface area contributed by atoms with Crippen molar-refractivity contribution in [2.45, 2.75) is 0 Å². The van der Waals surface area contributed by atoms with Crippen LogP contribution in [0, 0.1) is 0 Å². The van der Waals surface area contributed by atoms with Crippen LogP contribution in [0.4, 0.5) is 5.69 Å². The van der Waals surface area contributed by atoms with Crippen LogP contribution in [0.25, 0.3) is 22.8 Å². The molecule has 0 aliphatic rings. The molecule has 0 spiro atoms. The van der Waals surface area contributed by atoms with Gasteiger partial charge in [-0.05, 0) is 53.9 Å². The average Bonchev–Trinajstić information content (AvgIpc) is 3.35. The minimum Gasteiger partial charge on any atom is -0.334 e. The highest BCUT2D eigenvalue weighted by molar-refractivity contribution is 7.12. The summed E-state index contributed by atoms with van der Waals surface area (Å²) < 4.78 is 5.32. The third-order valence-corrected chi connectivity index (χ3v) is 4.75. The molecule has 0 unspecified atom stereocenters. The number of nitrogens with one attached hydrogen (secondary N) is 1. The lowest BCUT2D eigenvalue weighted by Gasteiger charge is -2.03. The van der Waals surface area contributed by atoms with Crippen LogP contribution < -0.4 is 5.32 Å². The van der Waals surface area contributed by atoms with Gasteiger partial charge in [0, 0.05) is 21.8 Å². The molecule has 0 radical (unpaired) electrons. The minimum absolute atomic E-state index is 0.129. The summed E-state index contributed by atoms with van der Waals surface area (Å²) in [5, 5.41) is 9.33. The van der Waals surface area contributed by atoms with Crippen LogP contribution in [0.15, 0.2) is 70.6 Å². The van der Waals surface area contributed by atoms with E-state index in [1.54, 1.807) is 30.3 Å². The van der Waals surface area contributed by atoms with E-state index in [2.05, 4.69) is 15.5 Å². The summed E-state index contributed by atoms with van der Waals surface area (Å²) in [5.41, 5.74) is 2.25. The number of aromatic nitrogens is 2. The number of nitrogens with zero attached hydrogens (tertiary/aromatic N) is 2. The van der Waals surface area contributed by atoms with Gasteiger partial charge in [0.15, 0.2) is 0 Å². The second-order valence-corrected chi connectivity index (χ2v) is 6.83. The SMILES string of the molecule is O=C(Nc1ccc(-c2noc(-c3cccc(Cl)c3)n2)cc1)c1cccs1. The molecular weight excluding hydrogens is 370 g/mol. The van der Waals surface area contributed by atoms with Crippen molar-refractivity contribution in [3.05, 3.63) is 75.9 Å². The van der Waals surface area contributed by atoms with Gasteiger partial charge >= 0.3 is 0 Å². The van der Waals surface area contributed by atoms with Crippen molar-refractivity contribution in [2.75, 3.05) is 5.32 Å². The molecule has 5 nitrogen and oxygen atoms in total. The Bertz CT molecular complexity index is 1040. The van der Waals surface area contributed by atoms with Gasteiger partial charge in [0.1, 0.15) is 0 Å². The van der Waals surface area contributed by atoms with E-state index in [0.717, 1.165) is 11.1 Å². The molecule has 128 valence electrons. The lowest BCUT2D eigenvalue weighted by atomic mass is 10.2. The van der Waals surface area contributed by atoms with Crippen LogP contribution in [-0.4, -0.2) is 16.0 Å². The third-order valence-electron chi connectivity index (χ3n) is 3.64. The Hall–Kier alpha value is -2.96. The van der Waals surface area contributed by atoms with Crippen molar-refractivity contribution in [3.8, 4) is 22.8 Å². The van der Waals surface area contributed by atoms with Gasteiger partial charge in [-0.1, -0.05) is 28.9 Å². The largest absolute Gasteiger partial charge is 0.334 e. The summed E-state index contributed by atoms with van der Waals surface area (Å²) in [6, 6.07) is 18.1. The van der Waals surface area contributed by atoms with Gasteiger partial charge in [-0.15, -0.1) is 11.3 Å². The standard InChI is InChI=1S/C19H12ClN3O2S/c20-14-4-1-3-13(11-14)19-22-17(23-25-19)12-6-8-15(9-7-12)21-18(24)16-5-2-10-26-16/h1-11H,(H,21,24). The molecule has 4 aromatic rings. The zero-order valence-electron chi connectivity index (χ0n) is 13.3. The topological polar surface area (TPSA) is 68.0 Å². The number of thiophene rings is 1. The monoisotopic (exact) mass is 381 g/mol. The lowest BCUT2D eigenvalue weighted by Crippen LogP contribution is -2.09. The molecule has 0 atom stereocenters. The fraction of sp³-hybridized carbons (Fsp3) is 0. The van der Waals surface area contributed by atoms with Gasteiger partial charge in [-0.25, -0.2) is 0 Å². The molecule has 7 heteroatoms. The van der Waals surface area contributed by atoms with Crippen LogP contribution in [0.3, 0.4) is 0 Å². The first-order chi connectivity index (χ1) is 12.7. The predicted molar refractivity (Wildman–Crippen MR) is 102 cm³/mol.